The first kappa shape index (κ1) is 9.67. The number of carbonyl (C=O) groups excluding carboxylic acids is 1. The Morgan fingerprint density at radius 3 is 2.64 bits per heavy atom. The highest BCUT2D eigenvalue weighted by atomic mass is 32.1. The Morgan fingerprint density at radius 1 is 1.36 bits per heavy atom. The van der Waals surface area contributed by atoms with E-state index in [0.717, 1.165) is 11.3 Å². The van der Waals surface area contributed by atoms with Crippen molar-refractivity contribution in [1.29, 1.82) is 0 Å². The van der Waals surface area contributed by atoms with E-state index >= 15 is 0 Å². The van der Waals surface area contributed by atoms with Crippen LogP contribution in [0.15, 0.2) is 6.07 Å². The van der Waals surface area contributed by atoms with Crippen LogP contribution in [0.5, 0.6) is 0 Å². The van der Waals surface area contributed by atoms with Gasteiger partial charge in [-0.2, -0.15) is 4.39 Å². The maximum Gasteiger partial charge on any atom is 0.266 e. The van der Waals surface area contributed by atoms with Crippen molar-refractivity contribution in [2.45, 2.75) is 6.43 Å². The summed E-state index contributed by atoms with van der Waals surface area (Å²) in [6.07, 6.45) is -2.35. The van der Waals surface area contributed by atoms with Crippen molar-refractivity contribution in [3.63, 3.8) is 0 Å². The summed E-state index contributed by atoms with van der Waals surface area (Å²) in [7, 11) is 0. The molecular formula is C8H3F3OS2. The van der Waals surface area contributed by atoms with E-state index in [4.69, 9.17) is 0 Å². The lowest BCUT2D eigenvalue weighted by atomic mass is 10.2. The minimum Gasteiger partial charge on any atom is -0.297 e. The van der Waals surface area contributed by atoms with Crippen molar-refractivity contribution < 1.29 is 18.0 Å². The number of carbonyl (C=O) groups is 1. The molecule has 14 heavy (non-hydrogen) atoms. The van der Waals surface area contributed by atoms with Crippen molar-refractivity contribution in [3.8, 4) is 0 Å². The minimum absolute atomic E-state index is 0.0127. The number of rotatable bonds is 2. The maximum atomic E-state index is 12.7. The standard InChI is InChI=1S/C8H3F3OS2/c9-5-1-3-7(14-5)6(8(10)11)4(2-12)13-3/h1-2,8H. The van der Waals surface area contributed by atoms with Crippen LogP contribution in [0.25, 0.3) is 9.40 Å². The van der Waals surface area contributed by atoms with Gasteiger partial charge in [-0.25, -0.2) is 8.78 Å². The maximum absolute atomic E-state index is 12.7. The molecule has 6 heteroatoms. The molecule has 0 aromatic carbocycles. The number of fused-ring (bicyclic) bond motifs is 1. The molecule has 0 fully saturated rings. The van der Waals surface area contributed by atoms with E-state index in [1.807, 2.05) is 0 Å². The van der Waals surface area contributed by atoms with Crippen molar-refractivity contribution in [2.75, 3.05) is 0 Å². The Morgan fingerprint density at radius 2 is 2.07 bits per heavy atom. The van der Waals surface area contributed by atoms with Crippen LogP contribution < -0.4 is 0 Å². The highest BCUT2D eigenvalue weighted by Crippen LogP contribution is 2.40. The summed E-state index contributed by atoms with van der Waals surface area (Å²) >= 11 is 1.54. The second-order valence-electron chi connectivity index (χ2n) is 2.54. The molecule has 2 aromatic heterocycles. The SMILES string of the molecule is O=Cc1sc2cc(F)sc2c1C(F)F. The number of hydrogen-bond acceptors (Lipinski definition) is 3. The molecule has 74 valence electrons. The molecule has 0 spiro atoms. The summed E-state index contributed by atoms with van der Waals surface area (Å²) in [4.78, 5) is 10.5. The Labute approximate surface area is 84.8 Å². The van der Waals surface area contributed by atoms with Crippen LogP contribution in [0.3, 0.4) is 0 Å². The van der Waals surface area contributed by atoms with Gasteiger partial charge in [0.1, 0.15) is 0 Å². The molecule has 2 aromatic rings. The van der Waals surface area contributed by atoms with Crippen LogP contribution in [0.1, 0.15) is 21.7 Å². The van der Waals surface area contributed by atoms with Gasteiger partial charge in [-0.05, 0) is 0 Å². The summed E-state index contributed by atoms with van der Waals surface area (Å²) in [5.41, 5.74) is -0.339. The summed E-state index contributed by atoms with van der Waals surface area (Å²) in [6.45, 7) is 0. The van der Waals surface area contributed by atoms with E-state index in [2.05, 4.69) is 0 Å². The van der Waals surface area contributed by atoms with Gasteiger partial charge < -0.3 is 0 Å². The van der Waals surface area contributed by atoms with E-state index < -0.39 is 11.6 Å². The first-order valence-corrected chi connectivity index (χ1v) is 5.22. The normalized spacial score (nSPS) is 11.4. The molecular weight excluding hydrogens is 233 g/mol. The molecule has 0 aliphatic carbocycles. The van der Waals surface area contributed by atoms with Gasteiger partial charge in [0.05, 0.1) is 15.1 Å². The summed E-state index contributed by atoms with van der Waals surface area (Å²) in [5.74, 6) is 0. The molecule has 0 atom stereocenters. The smallest absolute Gasteiger partial charge is 0.266 e. The van der Waals surface area contributed by atoms with E-state index in [9.17, 15) is 18.0 Å². The molecule has 0 N–H and O–H groups in total. The quantitative estimate of drug-likeness (QED) is 0.724. The van der Waals surface area contributed by atoms with Crippen molar-refractivity contribution in [1.82, 2.24) is 0 Å². The van der Waals surface area contributed by atoms with Gasteiger partial charge >= 0.3 is 0 Å². The molecule has 0 bridgehead atoms. The monoisotopic (exact) mass is 236 g/mol. The molecule has 1 nitrogen and oxygen atoms in total. The zero-order valence-electron chi connectivity index (χ0n) is 6.59. The number of aldehydes is 1. The van der Waals surface area contributed by atoms with Crippen LogP contribution in [0, 0.1) is 5.13 Å². The third-order valence-corrected chi connectivity index (χ3v) is 3.89. The molecule has 0 amide bonds. The highest BCUT2D eigenvalue weighted by Gasteiger charge is 2.22. The van der Waals surface area contributed by atoms with Crippen LogP contribution in [0.4, 0.5) is 13.2 Å². The number of halogens is 3. The van der Waals surface area contributed by atoms with E-state index in [-0.39, 0.29) is 15.1 Å². The Hall–Kier alpha value is -0.880. The van der Waals surface area contributed by atoms with Gasteiger partial charge in [0.15, 0.2) is 11.4 Å². The molecule has 2 heterocycles. The van der Waals surface area contributed by atoms with E-state index in [0.29, 0.717) is 22.3 Å². The average Bonchev–Trinajstić information content (AvgIpc) is 2.58. The Balaban J connectivity index is 2.77. The van der Waals surface area contributed by atoms with Crippen LogP contribution in [0.2, 0.25) is 0 Å². The second kappa shape index (κ2) is 3.36. The van der Waals surface area contributed by atoms with Gasteiger partial charge in [0, 0.05) is 10.8 Å². The topological polar surface area (TPSA) is 17.1 Å². The molecule has 0 saturated heterocycles. The number of thiophene rings is 2. The Bertz CT molecular complexity index is 486. The van der Waals surface area contributed by atoms with Crippen LogP contribution in [-0.4, -0.2) is 6.29 Å². The van der Waals surface area contributed by atoms with Gasteiger partial charge in [-0.3, -0.25) is 4.79 Å². The van der Waals surface area contributed by atoms with Crippen molar-refractivity contribution in [2.24, 2.45) is 0 Å². The zero-order chi connectivity index (χ0) is 10.3. The predicted molar refractivity (Wildman–Crippen MR) is 50.0 cm³/mol. The lowest BCUT2D eigenvalue weighted by Gasteiger charge is -1.95. The lowest BCUT2D eigenvalue weighted by molar-refractivity contribution is 0.111. The summed E-state index contributed by atoms with van der Waals surface area (Å²) < 4.78 is 38.4. The fourth-order valence-electron chi connectivity index (χ4n) is 1.19. The van der Waals surface area contributed by atoms with Gasteiger partial charge in [0.2, 0.25) is 0 Å². The molecule has 2 rings (SSSR count). The summed E-state index contributed by atoms with van der Waals surface area (Å²) in [6, 6.07) is 1.17. The Kier molecular flexibility index (Phi) is 2.32. The van der Waals surface area contributed by atoms with Gasteiger partial charge in [-0.15, -0.1) is 22.7 Å². The molecule has 0 saturated carbocycles. The predicted octanol–water partition coefficient (Wildman–Crippen LogP) is 3.85. The van der Waals surface area contributed by atoms with Crippen molar-refractivity contribution in [3.05, 3.63) is 21.6 Å². The fourth-order valence-corrected chi connectivity index (χ4v) is 3.37. The molecule has 0 unspecified atom stereocenters. The minimum atomic E-state index is -2.73. The fraction of sp³-hybridized carbons (Fsp3) is 0.125. The molecule has 0 aliphatic heterocycles. The van der Waals surface area contributed by atoms with Crippen molar-refractivity contribution >= 4 is 38.4 Å². The zero-order valence-corrected chi connectivity index (χ0v) is 8.22. The number of hydrogen-bond donors (Lipinski definition) is 0. The molecule has 0 aliphatic rings. The third kappa shape index (κ3) is 1.34. The third-order valence-electron chi connectivity index (χ3n) is 1.72. The van der Waals surface area contributed by atoms with Gasteiger partial charge in [0.25, 0.3) is 6.43 Å². The highest BCUT2D eigenvalue weighted by molar-refractivity contribution is 7.28. The van der Waals surface area contributed by atoms with Gasteiger partial charge in [-0.1, -0.05) is 0 Å². The summed E-state index contributed by atoms with van der Waals surface area (Å²) in [5, 5.41) is -0.509. The van der Waals surface area contributed by atoms with E-state index in [1.54, 1.807) is 0 Å². The van der Waals surface area contributed by atoms with E-state index in [1.165, 1.54) is 6.07 Å². The average molecular weight is 236 g/mol. The molecule has 0 radical (unpaired) electrons. The second-order valence-corrected chi connectivity index (χ2v) is 4.63. The van der Waals surface area contributed by atoms with Crippen LogP contribution in [-0.2, 0) is 0 Å². The largest absolute Gasteiger partial charge is 0.297 e. The number of alkyl halides is 2. The first-order chi connectivity index (χ1) is 6.63. The lowest BCUT2D eigenvalue weighted by Crippen LogP contribution is -1.85. The van der Waals surface area contributed by atoms with Crippen LogP contribution >= 0.6 is 22.7 Å². The first-order valence-electron chi connectivity index (χ1n) is 3.58.